The number of nitrogens with one attached hydrogen (secondary N) is 2. The molecule has 2 amide bonds. The van der Waals surface area contributed by atoms with Gasteiger partial charge in [-0.05, 0) is 25.8 Å². The van der Waals surface area contributed by atoms with Crippen LogP contribution in [0.15, 0.2) is 30.3 Å². The first-order chi connectivity index (χ1) is 9.95. The van der Waals surface area contributed by atoms with Crippen LogP contribution in [0.3, 0.4) is 0 Å². The molecule has 5 heteroatoms. The Morgan fingerprint density at radius 1 is 1.10 bits per heavy atom. The summed E-state index contributed by atoms with van der Waals surface area (Å²) in [6.45, 7) is 4.27. The molecule has 5 nitrogen and oxygen atoms in total. The minimum Gasteiger partial charge on any atom is -0.384 e. The molecule has 0 bridgehead atoms. The third-order valence-electron chi connectivity index (χ3n) is 3.21. The molecule has 1 atom stereocenters. The highest BCUT2D eigenvalue weighted by molar-refractivity contribution is 5.78. The first-order valence-corrected chi connectivity index (χ1v) is 7.27. The largest absolute Gasteiger partial charge is 0.384 e. The smallest absolute Gasteiger partial charge is 0.220 e. The van der Waals surface area contributed by atoms with Crippen LogP contribution in [-0.4, -0.2) is 30.0 Å². The highest BCUT2D eigenvalue weighted by Crippen LogP contribution is 2.18. The Bertz CT molecular complexity index is 458. The molecular formula is C16H24N2O3. The van der Waals surface area contributed by atoms with Gasteiger partial charge >= 0.3 is 0 Å². The summed E-state index contributed by atoms with van der Waals surface area (Å²) in [6.07, 6.45) is 1.13. The van der Waals surface area contributed by atoms with Gasteiger partial charge in [-0.15, -0.1) is 0 Å². The van der Waals surface area contributed by atoms with Gasteiger partial charge in [0, 0.05) is 19.4 Å². The zero-order chi connectivity index (χ0) is 15.7. The van der Waals surface area contributed by atoms with E-state index < -0.39 is 5.60 Å². The van der Waals surface area contributed by atoms with Gasteiger partial charge in [0.05, 0.1) is 6.54 Å². The molecule has 0 fully saturated rings. The molecule has 1 aromatic carbocycles. The normalized spacial score (nSPS) is 13.3. The number of hydrogen-bond donors (Lipinski definition) is 3. The maximum absolute atomic E-state index is 11.7. The molecule has 3 N–H and O–H groups in total. The molecule has 21 heavy (non-hydrogen) atoms. The molecule has 0 aliphatic carbocycles. The second kappa shape index (κ2) is 8.42. The highest BCUT2D eigenvalue weighted by Gasteiger charge is 2.23. The molecule has 1 rings (SSSR count). The monoisotopic (exact) mass is 292 g/mol. The molecular weight excluding hydrogens is 268 g/mol. The van der Waals surface area contributed by atoms with Crippen molar-refractivity contribution in [2.75, 3.05) is 13.1 Å². The van der Waals surface area contributed by atoms with Crippen LogP contribution in [-0.2, 0) is 15.2 Å². The van der Waals surface area contributed by atoms with Gasteiger partial charge in [-0.2, -0.15) is 0 Å². The average Bonchev–Trinajstić information content (AvgIpc) is 2.46. The molecule has 0 radical (unpaired) electrons. The molecule has 0 aliphatic rings. The van der Waals surface area contributed by atoms with Crippen LogP contribution >= 0.6 is 0 Å². The number of rotatable bonds is 8. The lowest BCUT2D eigenvalue weighted by atomic mass is 9.96. The Morgan fingerprint density at radius 2 is 1.67 bits per heavy atom. The molecule has 0 aromatic heterocycles. The van der Waals surface area contributed by atoms with Gasteiger partial charge in [0.25, 0.3) is 0 Å². The molecule has 0 heterocycles. The summed E-state index contributed by atoms with van der Waals surface area (Å²) in [5.41, 5.74) is -0.344. The number of amides is 2. The van der Waals surface area contributed by atoms with E-state index in [2.05, 4.69) is 10.6 Å². The van der Waals surface area contributed by atoms with Gasteiger partial charge in [0.15, 0.2) is 0 Å². The highest BCUT2D eigenvalue weighted by atomic mass is 16.3. The minimum atomic E-state index is -1.10. The van der Waals surface area contributed by atoms with Crippen LogP contribution in [0.2, 0.25) is 0 Å². The third kappa shape index (κ3) is 6.40. The molecule has 116 valence electrons. The summed E-state index contributed by atoms with van der Waals surface area (Å²) in [4.78, 5) is 23.0. The van der Waals surface area contributed by atoms with E-state index in [-0.39, 0.29) is 24.8 Å². The Balaban J connectivity index is 2.31. The minimum absolute atomic E-state index is 0.0402. The van der Waals surface area contributed by atoms with E-state index in [0.29, 0.717) is 19.4 Å². The van der Waals surface area contributed by atoms with Gasteiger partial charge in [-0.3, -0.25) is 9.59 Å². The van der Waals surface area contributed by atoms with Gasteiger partial charge < -0.3 is 15.7 Å². The van der Waals surface area contributed by atoms with E-state index in [4.69, 9.17) is 0 Å². The zero-order valence-corrected chi connectivity index (χ0v) is 12.7. The summed E-state index contributed by atoms with van der Waals surface area (Å²) in [5, 5.41) is 15.7. The van der Waals surface area contributed by atoms with Crippen molar-refractivity contribution < 1.29 is 14.7 Å². The van der Waals surface area contributed by atoms with Crippen molar-refractivity contribution in [2.45, 2.75) is 38.7 Å². The Kier molecular flexibility index (Phi) is 6.88. The standard InChI is InChI=1S/C16H24N2O3/c1-3-17-14(19)10-7-11-15(20)18-12-16(2,21)13-8-5-4-6-9-13/h4-6,8-9,21H,3,7,10-12H2,1-2H3,(H,17,19)(H,18,20). The lowest BCUT2D eigenvalue weighted by Gasteiger charge is -2.24. The van der Waals surface area contributed by atoms with E-state index in [0.717, 1.165) is 5.56 Å². The van der Waals surface area contributed by atoms with Crippen molar-refractivity contribution in [3.63, 3.8) is 0 Å². The van der Waals surface area contributed by atoms with Crippen molar-refractivity contribution in [1.82, 2.24) is 10.6 Å². The maximum Gasteiger partial charge on any atom is 0.220 e. The summed E-state index contributed by atoms with van der Waals surface area (Å²) in [7, 11) is 0. The Hall–Kier alpha value is -1.88. The SMILES string of the molecule is CCNC(=O)CCCC(=O)NCC(C)(O)c1ccccc1. The van der Waals surface area contributed by atoms with Crippen molar-refractivity contribution >= 4 is 11.8 Å². The summed E-state index contributed by atoms with van der Waals surface area (Å²) in [5.74, 6) is -0.197. The Morgan fingerprint density at radius 3 is 2.24 bits per heavy atom. The van der Waals surface area contributed by atoms with Crippen LogP contribution < -0.4 is 10.6 Å². The van der Waals surface area contributed by atoms with Crippen LogP contribution in [0.1, 0.15) is 38.7 Å². The molecule has 0 aliphatic heterocycles. The average molecular weight is 292 g/mol. The predicted octanol–water partition coefficient (Wildman–Crippen LogP) is 1.32. The molecule has 1 aromatic rings. The van der Waals surface area contributed by atoms with Gasteiger partial charge in [-0.25, -0.2) is 0 Å². The summed E-state index contributed by atoms with van der Waals surface area (Å²) in [6, 6.07) is 9.21. The number of hydrogen-bond acceptors (Lipinski definition) is 3. The quantitative estimate of drug-likeness (QED) is 0.676. The fourth-order valence-electron chi connectivity index (χ4n) is 1.95. The van der Waals surface area contributed by atoms with Crippen molar-refractivity contribution in [1.29, 1.82) is 0 Å². The van der Waals surface area contributed by atoms with Gasteiger partial charge in [-0.1, -0.05) is 30.3 Å². The van der Waals surface area contributed by atoms with Gasteiger partial charge in [0.2, 0.25) is 11.8 Å². The topological polar surface area (TPSA) is 78.4 Å². The van der Waals surface area contributed by atoms with Crippen molar-refractivity contribution in [2.24, 2.45) is 0 Å². The zero-order valence-electron chi connectivity index (χ0n) is 12.7. The fourth-order valence-corrected chi connectivity index (χ4v) is 1.95. The number of carbonyl (C=O) groups is 2. The van der Waals surface area contributed by atoms with E-state index in [9.17, 15) is 14.7 Å². The molecule has 0 spiro atoms. The van der Waals surface area contributed by atoms with Crippen LogP contribution in [0.4, 0.5) is 0 Å². The van der Waals surface area contributed by atoms with E-state index in [1.807, 2.05) is 37.3 Å². The summed E-state index contributed by atoms with van der Waals surface area (Å²) >= 11 is 0. The summed E-state index contributed by atoms with van der Waals surface area (Å²) < 4.78 is 0. The van der Waals surface area contributed by atoms with Crippen molar-refractivity contribution in [3.05, 3.63) is 35.9 Å². The van der Waals surface area contributed by atoms with Crippen LogP contribution in [0.25, 0.3) is 0 Å². The number of benzene rings is 1. The van der Waals surface area contributed by atoms with Crippen LogP contribution in [0, 0.1) is 0 Å². The second-order valence-electron chi connectivity index (χ2n) is 5.22. The molecule has 1 unspecified atom stereocenters. The lowest BCUT2D eigenvalue weighted by molar-refractivity contribution is -0.123. The number of aliphatic hydroxyl groups is 1. The maximum atomic E-state index is 11.7. The third-order valence-corrected chi connectivity index (χ3v) is 3.21. The van der Waals surface area contributed by atoms with E-state index in [1.165, 1.54) is 0 Å². The first kappa shape index (κ1) is 17.2. The molecule has 0 saturated heterocycles. The van der Waals surface area contributed by atoms with E-state index in [1.54, 1.807) is 6.92 Å². The Labute approximate surface area is 125 Å². The van der Waals surface area contributed by atoms with E-state index >= 15 is 0 Å². The second-order valence-corrected chi connectivity index (χ2v) is 5.22. The predicted molar refractivity (Wildman–Crippen MR) is 81.6 cm³/mol. The van der Waals surface area contributed by atoms with Gasteiger partial charge in [0.1, 0.15) is 5.60 Å². The molecule has 0 saturated carbocycles. The number of carbonyl (C=O) groups excluding carboxylic acids is 2. The van der Waals surface area contributed by atoms with Crippen molar-refractivity contribution in [3.8, 4) is 0 Å². The van der Waals surface area contributed by atoms with Crippen LogP contribution in [0.5, 0.6) is 0 Å². The lowest BCUT2D eigenvalue weighted by Crippen LogP contribution is -2.38. The fraction of sp³-hybridized carbons (Fsp3) is 0.500. The first-order valence-electron chi connectivity index (χ1n) is 7.27.